The lowest BCUT2D eigenvalue weighted by Gasteiger charge is -2.13. The molecule has 0 saturated heterocycles. The van der Waals surface area contributed by atoms with Crippen LogP contribution in [-0.4, -0.2) is 31.1 Å². The number of aromatic nitrogens is 1. The SMILES string of the molecule is CN=C(NCCOc1cccc(F)c1)NCc1ncc(C(C)(C)C)o1. The van der Waals surface area contributed by atoms with E-state index >= 15 is 0 Å². The lowest BCUT2D eigenvalue weighted by atomic mass is 9.94. The van der Waals surface area contributed by atoms with Gasteiger partial charge in [-0.2, -0.15) is 0 Å². The fourth-order valence-electron chi connectivity index (χ4n) is 2.01. The summed E-state index contributed by atoms with van der Waals surface area (Å²) in [4.78, 5) is 8.39. The van der Waals surface area contributed by atoms with Gasteiger partial charge in [-0.3, -0.25) is 4.99 Å². The molecule has 0 fully saturated rings. The van der Waals surface area contributed by atoms with Crippen molar-refractivity contribution in [2.75, 3.05) is 20.2 Å². The van der Waals surface area contributed by atoms with Crippen molar-refractivity contribution in [3.63, 3.8) is 0 Å². The first-order valence-electron chi connectivity index (χ1n) is 8.16. The van der Waals surface area contributed by atoms with Crippen LogP contribution in [0.1, 0.15) is 32.4 Å². The number of hydrogen-bond acceptors (Lipinski definition) is 4. The van der Waals surface area contributed by atoms with Crippen LogP contribution in [0.3, 0.4) is 0 Å². The third-order valence-electron chi connectivity index (χ3n) is 3.38. The number of guanidine groups is 1. The van der Waals surface area contributed by atoms with Crippen LogP contribution in [0, 0.1) is 5.82 Å². The molecular formula is C18H25FN4O2. The van der Waals surface area contributed by atoms with Crippen molar-refractivity contribution in [3.05, 3.63) is 47.9 Å². The first-order chi connectivity index (χ1) is 11.9. The maximum atomic E-state index is 13.1. The molecule has 2 N–H and O–H groups in total. The van der Waals surface area contributed by atoms with E-state index in [0.29, 0.717) is 37.3 Å². The minimum Gasteiger partial charge on any atom is -0.492 e. The zero-order chi connectivity index (χ0) is 18.3. The van der Waals surface area contributed by atoms with Crippen molar-refractivity contribution in [2.45, 2.75) is 32.7 Å². The van der Waals surface area contributed by atoms with Gasteiger partial charge in [0.2, 0.25) is 5.89 Å². The third-order valence-corrected chi connectivity index (χ3v) is 3.38. The van der Waals surface area contributed by atoms with Gasteiger partial charge < -0.3 is 19.8 Å². The molecule has 6 nitrogen and oxygen atoms in total. The summed E-state index contributed by atoms with van der Waals surface area (Å²) in [6.45, 7) is 7.56. The average molecular weight is 348 g/mol. The second-order valence-corrected chi connectivity index (χ2v) is 6.53. The van der Waals surface area contributed by atoms with Gasteiger partial charge in [0.05, 0.1) is 19.3 Å². The van der Waals surface area contributed by atoms with Crippen LogP contribution in [0.4, 0.5) is 4.39 Å². The zero-order valence-electron chi connectivity index (χ0n) is 15.1. The van der Waals surface area contributed by atoms with Crippen molar-refractivity contribution in [1.82, 2.24) is 15.6 Å². The van der Waals surface area contributed by atoms with Gasteiger partial charge in [-0.25, -0.2) is 9.37 Å². The Balaban J connectivity index is 1.73. The molecule has 2 aromatic rings. The third kappa shape index (κ3) is 6.10. The molecule has 0 saturated carbocycles. The highest BCUT2D eigenvalue weighted by Gasteiger charge is 2.19. The molecule has 0 unspecified atom stereocenters. The van der Waals surface area contributed by atoms with Crippen molar-refractivity contribution >= 4 is 5.96 Å². The van der Waals surface area contributed by atoms with Gasteiger partial charge in [-0.1, -0.05) is 26.8 Å². The summed E-state index contributed by atoms with van der Waals surface area (Å²) in [6, 6.07) is 6.05. The number of nitrogens with one attached hydrogen (secondary N) is 2. The summed E-state index contributed by atoms with van der Waals surface area (Å²) in [5.74, 6) is 2.24. The minimum atomic E-state index is -0.316. The predicted octanol–water partition coefficient (Wildman–Crippen LogP) is 2.86. The van der Waals surface area contributed by atoms with E-state index in [-0.39, 0.29) is 11.2 Å². The van der Waals surface area contributed by atoms with E-state index in [1.807, 2.05) is 0 Å². The largest absolute Gasteiger partial charge is 0.492 e. The monoisotopic (exact) mass is 348 g/mol. The first-order valence-corrected chi connectivity index (χ1v) is 8.16. The molecule has 136 valence electrons. The number of nitrogens with zero attached hydrogens (tertiary/aromatic N) is 2. The van der Waals surface area contributed by atoms with Crippen molar-refractivity contribution < 1.29 is 13.5 Å². The molecule has 7 heteroatoms. The van der Waals surface area contributed by atoms with Gasteiger partial charge >= 0.3 is 0 Å². The summed E-state index contributed by atoms with van der Waals surface area (Å²) in [5, 5.41) is 6.24. The fraction of sp³-hybridized carbons (Fsp3) is 0.444. The van der Waals surface area contributed by atoms with E-state index < -0.39 is 0 Å². The lowest BCUT2D eigenvalue weighted by Crippen LogP contribution is -2.38. The highest BCUT2D eigenvalue weighted by atomic mass is 19.1. The normalized spacial score (nSPS) is 12.1. The Morgan fingerprint density at radius 1 is 1.32 bits per heavy atom. The Morgan fingerprint density at radius 2 is 2.12 bits per heavy atom. The van der Waals surface area contributed by atoms with Gasteiger partial charge in [0.25, 0.3) is 0 Å². The zero-order valence-corrected chi connectivity index (χ0v) is 15.1. The number of ether oxygens (including phenoxy) is 1. The fourth-order valence-corrected chi connectivity index (χ4v) is 2.01. The smallest absolute Gasteiger partial charge is 0.213 e. The Morgan fingerprint density at radius 3 is 2.76 bits per heavy atom. The summed E-state index contributed by atoms with van der Waals surface area (Å²) in [6.07, 6.45) is 1.75. The van der Waals surface area contributed by atoms with E-state index in [9.17, 15) is 4.39 Å². The molecular weight excluding hydrogens is 323 g/mol. The van der Waals surface area contributed by atoms with E-state index in [1.165, 1.54) is 12.1 Å². The molecule has 0 aliphatic heterocycles. The maximum absolute atomic E-state index is 13.1. The molecule has 0 radical (unpaired) electrons. The summed E-state index contributed by atoms with van der Waals surface area (Å²) >= 11 is 0. The molecule has 25 heavy (non-hydrogen) atoms. The van der Waals surface area contributed by atoms with Crippen LogP contribution in [0.5, 0.6) is 5.75 Å². The maximum Gasteiger partial charge on any atom is 0.213 e. The molecule has 1 aromatic carbocycles. The number of halogens is 1. The number of aliphatic imine (C=N–C) groups is 1. The van der Waals surface area contributed by atoms with Gasteiger partial charge in [-0.15, -0.1) is 0 Å². The summed E-state index contributed by atoms with van der Waals surface area (Å²) in [5.41, 5.74) is -0.0700. The Hall–Kier alpha value is -2.57. The van der Waals surface area contributed by atoms with Crippen molar-refractivity contribution in [2.24, 2.45) is 4.99 Å². The topological polar surface area (TPSA) is 71.7 Å². The van der Waals surface area contributed by atoms with Crippen molar-refractivity contribution in [1.29, 1.82) is 0 Å². The molecule has 0 amide bonds. The van der Waals surface area contributed by atoms with Crippen molar-refractivity contribution in [3.8, 4) is 5.75 Å². The molecule has 1 aromatic heterocycles. The van der Waals surface area contributed by atoms with E-state index in [1.54, 1.807) is 25.4 Å². The first kappa shape index (κ1) is 18.8. The Kier molecular flexibility index (Phi) is 6.38. The molecule has 0 aliphatic rings. The van der Waals surface area contributed by atoms with Crippen LogP contribution in [0.2, 0.25) is 0 Å². The number of benzene rings is 1. The summed E-state index contributed by atoms with van der Waals surface area (Å²) < 4.78 is 24.2. The van der Waals surface area contributed by atoms with Gasteiger partial charge in [0.1, 0.15) is 23.9 Å². The quantitative estimate of drug-likeness (QED) is 0.477. The molecule has 0 spiro atoms. The Bertz CT molecular complexity index is 707. The summed E-state index contributed by atoms with van der Waals surface area (Å²) in [7, 11) is 1.68. The molecule has 1 heterocycles. The number of rotatable bonds is 6. The van der Waals surface area contributed by atoms with E-state index in [2.05, 4.69) is 41.4 Å². The number of oxazole rings is 1. The lowest BCUT2D eigenvalue weighted by molar-refractivity contribution is 0.320. The van der Waals surface area contributed by atoms with Crippen LogP contribution in [0.25, 0.3) is 0 Å². The number of hydrogen-bond donors (Lipinski definition) is 2. The molecule has 0 bridgehead atoms. The second kappa shape index (κ2) is 8.50. The van der Waals surface area contributed by atoms with Crippen LogP contribution in [0.15, 0.2) is 39.9 Å². The highest BCUT2D eigenvalue weighted by Crippen LogP contribution is 2.22. The van der Waals surface area contributed by atoms with Gasteiger partial charge in [0, 0.05) is 18.5 Å². The average Bonchev–Trinajstić information content (AvgIpc) is 3.03. The van der Waals surface area contributed by atoms with Crippen LogP contribution in [-0.2, 0) is 12.0 Å². The van der Waals surface area contributed by atoms with Gasteiger partial charge in [-0.05, 0) is 12.1 Å². The molecule has 0 aliphatic carbocycles. The second-order valence-electron chi connectivity index (χ2n) is 6.53. The predicted molar refractivity (Wildman–Crippen MR) is 95.3 cm³/mol. The minimum absolute atomic E-state index is 0.0700. The van der Waals surface area contributed by atoms with E-state index in [4.69, 9.17) is 9.15 Å². The molecule has 0 atom stereocenters. The Labute approximate surface area is 147 Å². The van der Waals surface area contributed by atoms with Crippen LogP contribution >= 0.6 is 0 Å². The molecule has 2 rings (SSSR count). The van der Waals surface area contributed by atoms with Gasteiger partial charge in [0.15, 0.2) is 5.96 Å². The van der Waals surface area contributed by atoms with Crippen LogP contribution < -0.4 is 15.4 Å². The standard InChI is InChI=1S/C18H25FN4O2/c1-18(2,3)15-11-22-16(25-15)12-23-17(20-4)21-8-9-24-14-7-5-6-13(19)10-14/h5-7,10-11H,8-9,12H2,1-4H3,(H2,20,21,23). The highest BCUT2D eigenvalue weighted by molar-refractivity contribution is 5.79. The van der Waals surface area contributed by atoms with E-state index in [0.717, 1.165) is 5.76 Å².